The number of hydrogen-bond donors (Lipinski definition) is 1. The largest absolute Gasteiger partial charge is 0.391 e. The third kappa shape index (κ3) is 2.23. The van der Waals surface area contributed by atoms with Gasteiger partial charge in [0.2, 0.25) is 0 Å². The molecule has 0 bridgehead atoms. The summed E-state index contributed by atoms with van der Waals surface area (Å²) in [5.74, 6) is 0. The maximum Gasteiger partial charge on any atom is 0.132 e. The van der Waals surface area contributed by atoms with Crippen molar-refractivity contribution in [3.05, 3.63) is 16.4 Å². The molecule has 1 aromatic heterocycles. The molecule has 0 amide bonds. The van der Waals surface area contributed by atoms with Gasteiger partial charge in [-0.2, -0.15) is 5.10 Å². The Bertz CT molecular complexity index is 283. The topological polar surface area (TPSA) is 38.0 Å². The van der Waals surface area contributed by atoms with E-state index in [1.807, 2.05) is 6.92 Å². The number of aliphatic hydroxyl groups is 1. The van der Waals surface area contributed by atoms with E-state index in [0.29, 0.717) is 5.15 Å². The average Bonchev–Trinajstić information content (AvgIpc) is 2.38. The van der Waals surface area contributed by atoms with Crippen LogP contribution in [0.1, 0.15) is 31.0 Å². The zero-order valence-electron chi connectivity index (χ0n) is 8.05. The second-order valence-corrected chi connectivity index (χ2v) is 3.45. The molecule has 0 unspecified atom stereocenters. The lowest BCUT2D eigenvalue weighted by Crippen LogP contribution is -2.00. The van der Waals surface area contributed by atoms with Crippen molar-refractivity contribution >= 4 is 11.6 Å². The molecule has 1 rings (SSSR count). The van der Waals surface area contributed by atoms with Crippen molar-refractivity contribution in [1.82, 2.24) is 9.78 Å². The molecule has 0 fully saturated rings. The fourth-order valence-corrected chi connectivity index (χ4v) is 1.54. The highest BCUT2D eigenvalue weighted by Gasteiger charge is 2.11. The summed E-state index contributed by atoms with van der Waals surface area (Å²) in [4.78, 5) is 0. The molecule has 4 heteroatoms. The zero-order valence-corrected chi connectivity index (χ0v) is 8.80. The average molecular weight is 203 g/mol. The number of halogens is 1. The van der Waals surface area contributed by atoms with Crippen LogP contribution in [0, 0.1) is 6.92 Å². The Hall–Kier alpha value is -0.540. The van der Waals surface area contributed by atoms with Crippen molar-refractivity contribution < 1.29 is 5.11 Å². The van der Waals surface area contributed by atoms with Gasteiger partial charge in [-0.25, -0.2) is 0 Å². The summed E-state index contributed by atoms with van der Waals surface area (Å²) in [6.07, 6.45) is 2.18. The number of aliphatic hydroxyl groups excluding tert-OH is 1. The molecule has 1 aromatic rings. The molecule has 0 saturated carbocycles. The molecule has 3 nitrogen and oxygen atoms in total. The summed E-state index contributed by atoms with van der Waals surface area (Å²) >= 11 is 6.01. The first-order valence-corrected chi connectivity index (χ1v) is 4.91. The predicted octanol–water partition coefficient (Wildman–Crippen LogP) is 2.14. The molecule has 1 heterocycles. The third-order valence-electron chi connectivity index (χ3n) is 2.06. The third-order valence-corrected chi connectivity index (χ3v) is 2.49. The second kappa shape index (κ2) is 4.63. The highest BCUT2D eigenvalue weighted by Crippen LogP contribution is 2.19. The van der Waals surface area contributed by atoms with Crippen LogP contribution in [0.3, 0.4) is 0 Å². The van der Waals surface area contributed by atoms with E-state index in [9.17, 15) is 0 Å². The zero-order chi connectivity index (χ0) is 9.84. The normalized spacial score (nSPS) is 10.8. The number of hydrogen-bond acceptors (Lipinski definition) is 2. The fraction of sp³-hybridized carbons (Fsp3) is 0.667. The molecule has 0 aliphatic rings. The molecule has 13 heavy (non-hydrogen) atoms. The highest BCUT2D eigenvalue weighted by molar-refractivity contribution is 6.30. The van der Waals surface area contributed by atoms with E-state index in [2.05, 4.69) is 12.0 Å². The monoisotopic (exact) mass is 202 g/mol. The van der Waals surface area contributed by atoms with Crippen LogP contribution < -0.4 is 0 Å². The number of aromatic nitrogens is 2. The lowest BCUT2D eigenvalue weighted by atomic mass is 10.3. The van der Waals surface area contributed by atoms with Gasteiger partial charge in [0.1, 0.15) is 5.15 Å². The molecule has 0 spiro atoms. The molecule has 0 radical (unpaired) electrons. The second-order valence-electron chi connectivity index (χ2n) is 3.09. The van der Waals surface area contributed by atoms with Crippen LogP contribution in [0.5, 0.6) is 0 Å². The fourth-order valence-electron chi connectivity index (χ4n) is 1.23. The first kappa shape index (κ1) is 10.5. The van der Waals surface area contributed by atoms with Gasteiger partial charge in [-0.15, -0.1) is 0 Å². The van der Waals surface area contributed by atoms with Gasteiger partial charge in [0.05, 0.1) is 12.3 Å². The van der Waals surface area contributed by atoms with E-state index in [1.54, 1.807) is 4.68 Å². The number of unbranched alkanes of at least 4 members (excludes halogenated alkanes) is 1. The van der Waals surface area contributed by atoms with Crippen LogP contribution in [-0.2, 0) is 13.2 Å². The van der Waals surface area contributed by atoms with Gasteiger partial charge in [0.15, 0.2) is 0 Å². The van der Waals surface area contributed by atoms with Crippen molar-refractivity contribution in [3.8, 4) is 0 Å². The minimum absolute atomic E-state index is 0.0310. The Labute approximate surface area is 83.3 Å². The minimum Gasteiger partial charge on any atom is -0.391 e. The molecule has 1 N–H and O–H groups in total. The van der Waals surface area contributed by atoms with E-state index in [-0.39, 0.29) is 6.61 Å². The highest BCUT2D eigenvalue weighted by atomic mass is 35.5. The van der Waals surface area contributed by atoms with Gasteiger partial charge in [0, 0.05) is 12.1 Å². The van der Waals surface area contributed by atoms with E-state index in [0.717, 1.165) is 30.6 Å². The SMILES string of the molecule is CCCCn1nc(C)c(CO)c1Cl. The van der Waals surface area contributed by atoms with Gasteiger partial charge < -0.3 is 5.11 Å². The van der Waals surface area contributed by atoms with Gasteiger partial charge >= 0.3 is 0 Å². The van der Waals surface area contributed by atoms with Gasteiger partial charge in [-0.05, 0) is 13.3 Å². The molecule has 0 aromatic carbocycles. The maximum atomic E-state index is 9.00. The summed E-state index contributed by atoms with van der Waals surface area (Å²) in [5.41, 5.74) is 1.57. The van der Waals surface area contributed by atoms with Crippen molar-refractivity contribution in [2.24, 2.45) is 0 Å². The molecular formula is C9H15ClN2O. The molecule has 0 aliphatic carbocycles. The lowest BCUT2D eigenvalue weighted by Gasteiger charge is -2.00. The molecular weight excluding hydrogens is 188 g/mol. The molecule has 0 aliphatic heterocycles. The van der Waals surface area contributed by atoms with Crippen molar-refractivity contribution in [2.45, 2.75) is 39.8 Å². The Morgan fingerprint density at radius 1 is 1.54 bits per heavy atom. The molecule has 0 saturated heterocycles. The van der Waals surface area contributed by atoms with Gasteiger partial charge in [0.25, 0.3) is 0 Å². The van der Waals surface area contributed by atoms with Crippen molar-refractivity contribution in [2.75, 3.05) is 0 Å². The Balaban J connectivity index is 2.83. The standard InChI is InChI=1S/C9H15ClN2O/c1-3-4-5-12-9(10)8(6-13)7(2)11-12/h13H,3-6H2,1-2H3. The first-order valence-electron chi connectivity index (χ1n) is 4.53. The predicted molar refractivity (Wildman–Crippen MR) is 52.8 cm³/mol. The summed E-state index contributed by atoms with van der Waals surface area (Å²) in [6.45, 7) is 4.78. The summed E-state index contributed by atoms with van der Waals surface area (Å²) in [7, 11) is 0. The first-order chi connectivity index (χ1) is 6.20. The lowest BCUT2D eigenvalue weighted by molar-refractivity contribution is 0.281. The Kier molecular flexibility index (Phi) is 3.75. The van der Waals surface area contributed by atoms with Crippen LogP contribution in [0.25, 0.3) is 0 Å². The Morgan fingerprint density at radius 2 is 2.23 bits per heavy atom. The molecule has 74 valence electrons. The Morgan fingerprint density at radius 3 is 2.69 bits per heavy atom. The van der Waals surface area contributed by atoms with Crippen LogP contribution in [0.2, 0.25) is 5.15 Å². The number of nitrogens with zero attached hydrogens (tertiary/aromatic N) is 2. The van der Waals surface area contributed by atoms with E-state index in [4.69, 9.17) is 16.7 Å². The van der Waals surface area contributed by atoms with Gasteiger partial charge in [-0.1, -0.05) is 24.9 Å². The van der Waals surface area contributed by atoms with Crippen LogP contribution in [0.15, 0.2) is 0 Å². The molecule has 0 atom stereocenters. The van der Waals surface area contributed by atoms with Crippen LogP contribution in [0.4, 0.5) is 0 Å². The van der Waals surface area contributed by atoms with Crippen LogP contribution >= 0.6 is 11.6 Å². The number of rotatable bonds is 4. The van der Waals surface area contributed by atoms with E-state index >= 15 is 0 Å². The number of aryl methyl sites for hydroxylation is 2. The van der Waals surface area contributed by atoms with Crippen molar-refractivity contribution in [3.63, 3.8) is 0 Å². The summed E-state index contributed by atoms with van der Waals surface area (Å²) < 4.78 is 1.76. The van der Waals surface area contributed by atoms with Gasteiger partial charge in [-0.3, -0.25) is 4.68 Å². The summed E-state index contributed by atoms with van der Waals surface area (Å²) in [5, 5.41) is 13.8. The van der Waals surface area contributed by atoms with Crippen molar-refractivity contribution in [1.29, 1.82) is 0 Å². The van der Waals surface area contributed by atoms with Crippen LogP contribution in [-0.4, -0.2) is 14.9 Å². The smallest absolute Gasteiger partial charge is 0.132 e. The van der Waals surface area contributed by atoms with E-state index < -0.39 is 0 Å². The summed E-state index contributed by atoms with van der Waals surface area (Å²) in [6, 6.07) is 0. The minimum atomic E-state index is -0.0310. The quantitative estimate of drug-likeness (QED) is 0.813. The van der Waals surface area contributed by atoms with E-state index in [1.165, 1.54) is 0 Å². The maximum absolute atomic E-state index is 9.00.